The number of aromatic nitrogens is 2. The Kier molecular flexibility index (Phi) is 3.10. The molecule has 0 amide bonds. The fraction of sp³-hybridized carbons (Fsp3) is 0.333. The summed E-state index contributed by atoms with van der Waals surface area (Å²) in [7, 11) is 0. The Morgan fingerprint density at radius 3 is 2.76 bits per heavy atom. The van der Waals surface area contributed by atoms with Gasteiger partial charge in [0.15, 0.2) is 0 Å². The lowest BCUT2D eigenvalue weighted by Gasteiger charge is -2.12. The topological polar surface area (TPSA) is 81.0 Å². The minimum atomic E-state index is -0.636. The van der Waals surface area contributed by atoms with E-state index in [1.54, 1.807) is 0 Å². The summed E-state index contributed by atoms with van der Waals surface area (Å²) >= 11 is 0. The molecular formula is C12H15N3O2. The fourth-order valence-electron chi connectivity index (χ4n) is 1.41. The third-order valence-electron chi connectivity index (χ3n) is 2.56. The number of hydrogen-bond acceptors (Lipinski definition) is 4. The molecule has 1 aromatic heterocycles. The first-order valence-corrected chi connectivity index (χ1v) is 5.50. The molecular weight excluding hydrogens is 218 g/mol. The van der Waals surface area contributed by atoms with Crippen LogP contribution < -0.4 is 10.5 Å². The minimum Gasteiger partial charge on any atom is -0.391 e. The number of hydrogen-bond donors (Lipinski definition) is 2. The molecule has 17 heavy (non-hydrogen) atoms. The molecule has 90 valence electrons. The smallest absolute Gasteiger partial charge is 0.330 e. The summed E-state index contributed by atoms with van der Waals surface area (Å²) in [4.78, 5) is 18.7. The van der Waals surface area contributed by atoms with Gasteiger partial charge in [-0.25, -0.2) is 4.79 Å². The van der Waals surface area contributed by atoms with E-state index in [9.17, 15) is 4.79 Å². The SMILES string of the molecule is CC(C)[C@H](N)C(=O)Oc1nc2ccccc2[nH]1. The van der Waals surface area contributed by atoms with Gasteiger partial charge in [0.25, 0.3) is 0 Å². The standard InChI is InChI=1S/C12H15N3O2/c1-7(2)10(13)11(16)17-12-14-8-5-3-4-6-9(8)15-12/h3-7,10H,13H2,1-2H3,(H,14,15)/t10-/m0/s1. The van der Waals surface area contributed by atoms with Crippen LogP contribution in [0.1, 0.15) is 13.8 Å². The third kappa shape index (κ3) is 2.45. The van der Waals surface area contributed by atoms with Crippen molar-refractivity contribution >= 4 is 17.0 Å². The Balaban J connectivity index is 2.16. The summed E-state index contributed by atoms with van der Waals surface area (Å²) in [6.45, 7) is 3.73. The van der Waals surface area contributed by atoms with E-state index in [1.807, 2.05) is 38.1 Å². The number of nitrogens with one attached hydrogen (secondary N) is 1. The van der Waals surface area contributed by atoms with Crippen LogP contribution in [0.5, 0.6) is 6.01 Å². The van der Waals surface area contributed by atoms with Crippen molar-refractivity contribution in [2.75, 3.05) is 0 Å². The van der Waals surface area contributed by atoms with Crippen molar-refractivity contribution < 1.29 is 9.53 Å². The molecule has 0 aliphatic carbocycles. The molecule has 0 aliphatic heterocycles. The molecule has 5 nitrogen and oxygen atoms in total. The highest BCUT2D eigenvalue weighted by Crippen LogP contribution is 2.15. The van der Waals surface area contributed by atoms with Gasteiger partial charge in [-0.15, -0.1) is 0 Å². The predicted molar refractivity (Wildman–Crippen MR) is 64.5 cm³/mol. The average Bonchev–Trinajstić information content (AvgIpc) is 2.69. The largest absolute Gasteiger partial charge is 0.391 e. The van der Waals surface area contributed by atoms with Gasteiger partial charge < -0.3 is 15.5 Å². The van der Waals surface area contributed by atoms with Gasteiger partial charge in [0.05, 0.1) is 11.0 Å². The molecule has 3 N–H and O–H groups in total. The van der Waals surface area contributed by atoms with E-state index < -0.39 is 12.0 Å². The summed E-state index contributed by atoms with van der Waals surface area (Å²) in [6, 6.07) is 7.00. The Bertz CT molecular complexity index is 500. The normalized spacial score (nSPS) is 12.9. The summed E-state index contributed by atoms with van der Waals surface area (Å²) in [6.07, 6.45) is 0. The molecule has 0 fully saturated rings. The van der Waals surface area contributed by atoms with Crippen molar-refractivity contribution in [1.82, 2.24) is 9.97 Å². The number of ether oxygens (including phenoxy) is 1. The second-order valence-electron chi connectivity index (χ2n) is 4.25. The number of H-pyrrole nitrogens is 1. The van der Waals surface area contributed by atoms with Crippen LogP contribution in [0.3, 0.4) is 0 Å². The zero-order chi connectivity index (χ0) is 12.4. The Hall–Kier alpha value is -1.88. The van der Waals surface area contributed by atoms with E-state index in [1.165, 1.54) is 0 Å². The van der Waals surface area contributed by atoms with Crippen LogP contribution in [0.15, 0.2) is 24.3 Å². The Morgan fingerprint density at radius 1 is 1.41 bits per heavy atom. The summed E-state index contributed by atoms with van der Waals surface area (Å²) < 4.78 is 5.09. The number of carbonyl (C=O) groups is 1. The van der Waals surface area contributed by atoms with Gasteiger partial charge in [-0.1, -0.05) is 26.0 Å². The van der Waals surface area contributed by atoms with Gasteiger partial charge in [0, 0.05) is 0 Å². The molecule has 0 bridgehead atoms. The lowest BCUT2D eigenvalue weighted by atomic mass is 10.1. The first-order chi connectivity index (χ1) is 8.08. The first-order valence-electron chi connectivity index (χ1n) is 5.50. The maximum atomic E-state index is 11.6. The summed E-state index contributed by atoms with van der Waals surface area (Å²) in [5, 5.41) is 0. The second kappa shape index (κ2) is 4.55. The van der Waals surface area contributed by atoms with Crippen molar-refractivity contribution in [3.63, 3.8) is 0 Å². The number of nitrogens with zero attached hydrogens (tertiary/aromatic N) is 1. The molecule has 2 aromatic rings. The molecule has 0 saturated carbocycles. The van der Waals surface area contributed by atoms with Crippen LogP contribution in [0, 0.1) is 5.92 Å². The number of carbonyl (C=O) groups excluding carboxylic acids is 1. The van der Waals surface area contributed by atoms with Gasteiger partial charge in [-0.3, -0.25) is 0 Å². The quantitative estimate of drug-likeness (QED) is 0.786. The zero-order valence-electron chi connectivity index (χ0n) is 9.81. The fourth-order valence-corrected chi connectivity index (χ4v) is 1.41. The van der Waals surface area contributed by atoms with Gasteiger partial charge in [0.1, 0.15) is 6.04 Å². The van der Waals surface area contributed by atoms with E-state index in [0.717, 1.165) is 11.0 Å². The Labute approximate surface area is 99.0 Å². The molecule has 5 heteroatoms. The van der Waals surface area contributed by atoms with Crippen molar-refractivity contribution in [3.05, 3.63) is 24.3 Å². The molecule has 0 saturated heterocycles. The second-order valence-corrected chi connectivity index (χ2v) is 4.25. The first kappa shape index (κ1) is 11.6. The van der Waals surface area contributed by atoms with Crippen molar-refractivity contribution in [1.29, 1.82) is 0 Å². The molecule has 0 unspecified atom stereocenters. The number of para-hydroxylation sites is 2. The van der Waals surface area contributed by atoms with Crippen LogP contribution in [0.4, 0.5) is 0 Å². The highest BCUT2D eigenvalue weighted by Gasteiger charge is 2.20. The van der Waals surface area contributed by atoms with Crippen LogP contribution in [0.2, 0.25) is 0 Å². The average molecular weight is 233 g/mol. The number of rotatable bonds is 3. The number of fused-ring (bicyclic) bond motifs is 1. The number of nitrogens with two attached hydrogens (primary N) is 1. The third-order valence-corrected chi connectivity index (χ3v) is 2.56. The van der Waals surface area contributed by atoms with E-state index in [0.29, 0.717) is 0 Å². The summed E-state index contributed by atoms with van der Waals surface area (Å²) in [5.41, 5.74) is 7.27. The van der Waals surface area contributed by atoms with Gasteiger partial charge in [-0.2, -0.15) is 4.98 Å². The van der Waals surface area contributed by atoms with Crippen molar-refractivity contribution in [2.45, 2.75) is 19.9 Å². The number of aromatic amines is 1. The zero-order valence-corrected chi connectivity index (χ0v) is 9.81. The lowest BCUT2D eigenvalue weighted by molar-refractivity contribution is -0.137. The monoisotopic (exact) mass is 233 g/mol. The highest BCUT2D eigenvalue weighted by atomic mass is 16.5. The van der Waals surface area contributed by atoms with E-state index in [-0.39, 0.29) is 11.9 Å². The van der Waals surface area contributed by atoms with Gasteiger partial charge in [-0.05, 0) is 18.1 Å². The number of esters is 1. The highest BCUT2D eigenvalue weighted by molar-refractivity contribution is 5.80. The maximum Gasteiger partial charge on any atom is 0.330 e. The van der Waals surface area contributed by atoms with E-state index >= 15 is 0 Å². The van der Waals surface area contributed by atoms with Crippen LogP contribution in [-0.4, -0.2) is 22.0 Å². The molecule has 1 atom stereocenters. The molecule has 0 radical (unpaired) electrons. The summed E-state index contributed by atoms with van der Waals surface area (Å²) in [5.74, 6) is -0.439. The van der Waals surface area contributed by atoms with E-state index in [4.69, 9.17) is 10.5 Å². The van der Waals surface area contributed by atoms with Crippen LogP contribution >= 0.6 is 0 Å². The van der Waals surface area contributed by atoms with Gasteiger partial charge in [0.2, 0.25) is 0 Å². The molecule has 0 aliphatic rings. The maximum absolute atomic E-state index is 11.6. The number of imidazole rings is 1. The van der Waals surface area contributed by atoms with E-state index in [2.05, 4.69) is 9.97 Å². The molecule has 2 rings (SSSR count). The number of benzene rings is 1. The lowest BCUT2D eigenvalue weighted by Crippen LogP contribution is -2.38. The molecule has 1 aromatic carbocycles. The predicted octanol–water partition coefficient (Wildman–Crippen LogP) is 1.45. The Morgan fingerprint density at radius 2 is 2.12 bits per heavy atom. The van der Waals surface area contributed by atoms with Crippen molar-refractivity contribution in [2.24, 2.45) is 11.7 Å². The minimum absolute atomic E-state index is 0.0341. The van der Waals surface area contributed by atoms with Gasteiger partial charge >= 0.3 is 12.0 Å². The van der Waals surface area contributed by atoms with Crippen LogP contribution in [-0.2, 0) is 4.79 Å². The molecule has 1 heterocycles. The van der Waals surface area contributed by atoms with Crippen LogP contribution in [0.25, 0.3) is 11.0 Å². The molecule has 0 spiro atoms. The van der Waals surface area contributed by atoms with Crippen molar-refractivity contribution in [3.8, 4) is 6.01 Å².